The van der Waals surface area contributed by atoms with Gasteiger partial charge >= 0.3 is 5.97 Å². The van der Waals surface area contributed by atoms with Gasteiger partial charge in [-0.2, -0.15) is 0 Å². The topological polar surface area (TPSA) is 177 Å². The second kappa shape index (κ2) is 8.31. The quantitative estimate of drug-likeness (QED) is 0.309. The molecule has 4 aliphatic carbocycles. The van der Waals surface area contributed by atoms with Gasteiger partial charge in [-0.3, -0.25) is 19.2 Å². The van der Waals surface area contributed by atoms with E-state index in [0.717, 1.165) is 7.11 Å². The predicted octanol–water partition coefficient (Wildman–Crippen LogP) is 2.49. The summed E-state index contributed by atoms with van der Waals surface area (Å²) in [4.78, 5) is 66.8. The number of benzene rings is 2. The van der Waals surface area contributed by atoms with Crippen LogP contribution >= 0.6 is 0 Å². The van der Waals surface area contributed by atoms with Crippen LogP contribution < -0.4 is 10.1 Å². The zero-order valence-corrected chi connectivity index (χ0v) is 22.6. The predicted molar refractivity (Wildman–Crippen MR) is 143 cm³/mol. The van der Waals surface area contributed by atoms with Crippen molar-refractivity contribution < 1.29 is 48.8 Å². The van der Waals surface area contributed by atoms with Crippen molar-refractivity contribution in [2.75, 3.05) is 7.11 Å². The maximum absolute atomic E-state index is 14.1. The second-order valence-electron chi connectivity index (χ2n) is 11.5. The smallest absolute Gasteiger partial charge is 0.352 e. The fraction of sp³-hybridized carbons (Fsp3) is 0.323. The number of phenols is 2. The molecule has 2 heterocycles. The Balaban J connectivity index is 1.43. The second-order valence-corrected chi connectivity index (χ2v) is 11.5. The Hall–Kier alpha value is -4.93. The number of carbonyl (C=O) groups is 5. The first-order valence-electron chi connectivity index (χ1n) is 13.5. The van der Waals surface area contributed by atoms with E-state index in [4.69, 9.17) is 9.47 Å². The number of rotatable bonds is 2. The number of aryl methyl sites for hydroxylation is 1. The van der Waals surface area contributed by atoms with Gasteiger partial charge in [0.25, 0.3) is 0 Å². The number of ketones is 3. The Bertz CT molecular complexity index is 1780. The number of allylic oxidation sites excluding steroid dienone is 3. The van der Waals surface area contributed by atoms with Crippen LogP contribution in [0.25, 0.3) is 5.76 Å². The minimum Gasteiger partial charge on any atom is -0.507 e. The molecule has 2 aromatic carbocycles. The number of nitrogens with one attached hydrogen (secondary N) is 1. The molecule has 0 unspecified atom stereocenters. The molecule has 2 aromatic rings. The molecule has 2 aliphatic heterocycles. The number of Topliss-reactive ketones (excluding diaryl/α,β-unsaturated/α-hetero) is 3. The van der Waals surface area contributed by atoms with Crippen molar-refractivity contribution in [3.63, 3.8) is 0 Å². The lowest BCUT2D eigenvalue weighted by molar-refractivity contribution is -0.162. The number of aliphatic hydroxyl groups excluding tert-OH is 1. The lowest BCUT2D eigenvalue weighted by Gasteiger charge is -2.40. The Kier molecular flexibility index (Phi) is 5.14. The molecule has 1 amide bonds. The fourth-order valence-corrected chi connectivity index (χ4v) is 7.34. The normalized spacial score (nSPS) is 28.8. The van der Waals surface area contributed by atoms with Crippen LogP contribution in [-0.2, 0) is 25.5 Å². The molecular weight excluding hydrogens is 546 g/mol. The van der Waals surface area contributed by atoms with Gasteiger partial charge in [0.05, 0.1) is 42.0 Å². The Labute approximate surface area is 238 Å². The lowest BCUT2D eigenvalue weighted by atomic mass is 9.62. The molecule has 4 atom stereocenters. The molecular formula is C31H25NO10. The van der Waals surface area contributed by atoms with E-state index in [1.54, 1.807) is 6.92 Å². The van der Waals surface area contributed by atoms with Gasteiger partial charge in [-0.1, -0.05) is 12.2 Å². The van der Waals surface area contributed by atoms with E-state index >= 15 is 0 Å². The van der Waals surface area contributed by atoms with Crippen LogP contribution in [0.15, 0.2) is 35.9 Å². The van der Waals surface area contributed by atoms with Crippen LogP contribution in [0.4, 0.5) is 0 Å². The zero-order chi connectivity index (χ0) is 29.9. The molecule has 1 spiro atoms. The van der Waals surface area contributed by atoms with Crippen LogP contribution in [0.1, 0.15) is 68.2 Å². The number of fused-ring (bicyclic) bond motifs is 2. The van der Waals surface area contributed by atoms with Gasteiger partial charge in [0.1, 0.15) is 28.6 Å². The van der Waals surface area contributed by atoms with E-state index in [1.165, 1.54) is 30.4 Å². The van der Waals surface area contributed by atoms with Crippen LogP contribution in [-0.4, -0.2) is 63.3 Å². The van der Waals surface area contributed by atoms with Crippen molar-refractivity contribution in [3.8, 4) is 17.2 Å². The van der Waals surface area contributed by atoms with Gasteiger partial charge in [-0.25, -0.2) is 4.79 Å². The summed E-state index contributed by atoms with van der Waals surface area (Å²) in [5.41, 5.74) is -3.10. The first kappa shape index (κ1) is 26.0. The van der Waals surface area contributed by atoms with E-state index in [0.29, 0.717) is 11.1 Å². The molecule has 0 saturated carbocycles. The maximum atomic E-state index is 14.1. The van der Waals surface area contributed by atoms with Crippen LogP contribution in [0.5, 0.6) is 17.2 Å². The highest BCUT2D eigenvalue weighted by atomic mass is 16.6. The SMILES string of the molecule is COC(=O)[C@@]1([C@H]2CCC(=O)N2)CC(=O)c2c(cc3c(c2O)[C@H]2C=C[C@@]4(C3)C(=O)c3cc(C)cc(O)c3C(O)=C4C2=O)O1. The first-order chi connectivity index (χ1) is 19.9. The van der Waals surface area contributed by atoms with E-state index in [-0.39, 0.29) is 64.5 Å². The summed E-state index contributed by atoms with van der Waals surface area (Å²) in [6, 6.07) is 3.48. The van der Waals surface area contributed by atoms with E-state index in [1.807, 2.05) is 0 Å². The summed E-state index contributed by atoms with van der Waals surface area (Å²) in [7, 11) is 1.14. The molecule has 2 bridgehead atoms. The van der Waals surface area contributed by atoms with E-state index in [9.17, 15) is 39.3 Å². The number of carbonyl (C=O) groups excluding carboxylic acids is 5. The summed E-state index contributed by atoms with van der Waals surface area (Å²) in [5, 5.41) is 36.2. The molecule has 42 heavy (non-hydrogen) atoms. The van der Waals surface area contributed by atoms with Crippen molar-refractivity contribution in [1.82, 2.24) is 5.32 Å². The standard InChI is InChI=1S/C31H25NO10/c1-12-7-15-22(16(33)8-12)27(38)24-25(36)14-5-6-30(24,28(15)39)10-13-9-18-23(26(37)21(13)14)17(34)11-31(42-18,29(40)41-2)19-3-4-20(35)32-19/h5-9,14,19,33,37-38H,3-4,10-11H2,1-2H3,(H,32,35)/t14-,19-,30+,31+/m1/s1. The van der Waals surface area contributed by atoms with Crippen molar-refractivity contribution in [2.45, 2.75) is 50.2 Å². The summed E-state index contributed by atoms with van der Waals surface area (Å²) in [6.07, 6.45) is 2.64. The minimum atomic E-state index is -1.89. The molecule has 214 valence electrons. The molecule has 0 aromatic heterocycles. The number of aromatic hydroxyl groups is 2. The Morgan fingerprint density at radius 2 is 1.83 bits per heavy atom. The molecule has 4 N–H and O–H groups in total. The largest absolute Gasteiger partial charge is 0.507 e. The average Bonchev–Trinajstić information content (AvgIpc) is 3.26. The summed E-state index contributed by atoms with van der Waals surface area (Å²) in [6.45, 7) is 1.68. The highest BCUT2D eigenvalue weighted by Crippen LogP contribution is 2.58. The molecule has 8 rings (SSSR count). The van der Waals surface area contributed by atoms with Crippen molar-refractivity contribution in [1.29, 1.82) is 0 Å². The summed E-state index contributed by atoms with van der Waals surface area (Å²) < 4.78 is 11.2. The molecule has 6 aliphatic rings. The van der Waals surface area contributed by atoms with Crippen molar-refractivity contribution in [3.05, 3.63) is 69.3 Å². The number of phenolic OH excluding ortho intramolecular Hbond substituents is 2. The van der Waals surface area contributed by atoms with Crippen LogP contribution in [0.3, 0.4) is 0 Å². The Morgan fingerprint density at radius 1 is 1.07 bits per heavy atom. The number of hydrogen-bond acceptors (Lipinski definition) is 10. The average molecular weight is 572 g/mol. The molecule has 11 nitrogen and oxygen atoms in total. The number of ether oxygens (including phenoxy) is 2. The maximum Gasteiger partial charge on any atom is 0.352 e. The lowest BCUT2D eigenvalue weighted by Crippen LogP contribution is -2.61. The highest BCUT2D eigenvalue weighted by Gasteiger charge is 2.59. The summed E-state index contributed by atoms with van der Waals surface area (Å²) >= 11 is 0. The Morgan fingerprint density at radius 3 is 2.52 bits per heavy atom. The molecule has 0 radical (unpaired) electrons. The van der Waals surface area contributed by atoms with Gasteiger partial charge in [-0.05, 0) is 49.1 Å². The zero-order valence-electron chi connectivity index (χ0n) is 22.6. The van der Waals surface area contributed by atoms with Crippen LogP contribution in [0, 0.1) is 12.3 Å². The van der Waals surface area contributed by atoms with E-state index < -0.39 is 64.2 Å². The molecule has 11 heteroatoms. The molecule has 1 fully saturated rings. The van der Waals surface area contributed by atoms with Crippen molar-refractivity contribution in [2.24, 2.45) is 5.41 Å². The number of aliphatic hydroxyl groups is 1. The van der Waals surface area contributed by atoms with Crippen LogP contribution in [0.2, 0.25) is 0 Å². The third-order valence-corrected chi connectivity index (χ3v) is 9.19. The third-order valence-electron chi connectivity index (χ3n) is 9.19. The number of esters is 1. The van der Waals surface area contributed by atoms with Gasteiger partial charge in [0, 0.05) is 17.5 Å². The van der Waals surface area contributed by atoms with Crippen molar-refractivity contribution >= 4 is 35.0 Å². The van der Waals surface area contributed by atoms with Gasteiger partial charge < -0.3 is 30.1 Å². The highest BCUT2D eigenvalue weighted by molar-refractivity contribution is 6.23. The number of methoxy groups -OCH3 is 1. The van der Waals surface area contributed by atoms with E-state index in [2.05, 4.69) is 5.32 Å². The number of hydrogen-bond donors (Lipinski definition) is 4. The molecule has 1 saturated heterocycles. The monoisotopic (exact) mass is 571 g/mol. The van der Waals surface area contributed by atoms with Gasteiger partial charge in [0.15, 0.2) is 17.3 Å². The minimum absolute atomic E-state index is 0.0448. The number of amides is 1. The summed E-state index contributed by atoms with van der Waals surface area (Å²) in [5.74, 6) is -5.69. The first-order valence-corrected chi connectivity index (χ1v) is 13.5. The van der Waals surface area contributed by atoms with Gasteiger partial charge in [0.2, 0.25) is 11.5 Å². The van der Waals surface area contributed by atoms with Gasteiger partial charge in [-0.15, -0.1) is 0 Å². The fourth-order valence-electron chi connectivity index (χ4n) is 7.34. The third kappa shape index (κ3) is 3.07.